The molecule has 1 aromatic heterocycles. The Kier molecular flexibility index (Phi) is 3.74. The van der Waals surface area contributed by atoms with Crippen molar-refractivity contribution in [3.05, 3.63) is 5.89 Å². The van der Waals surface area contributed by atoms with E-state index in [4.69, 9.17) is 14.9 Å². The average molecular weight is 226 g/mol. The van der Waals surface area contributed by atoms with E-state index in [9.17, 15) is 0 Å². The van der Waals surface area contributed by atoms with E-state index < -0.39 is 0 Å². The fraction of sp³-hybridized carbons (Fsp3) is 0.800. The van der Waals surface area contributed by atoms with E-state index in [0.29, 0.717) is 37.0 Å². The molecule has 1 aromatic rings. The van der Waals surface area contributed by atoms with Crippen LogP contribution in [0.4, 0.5) is 6.01 Å². The summed E-state index contributed by atoms with van der Waals surface area (Å²) in [4.78, 5) is 0. The van der Waals surface area contributed by atoms with Crippen LogP contribution < -0.4 is 11.1 Å². The Balaban J connectivity index is 1.84. The number of aromatic nitrogens is 2. The average Bonchev–Trinajstić information content (AvgIpc) is 2.89. The van der Waals surface area contributed by atoms with Crippen molar-refractivity contribution in [2.75, 3.05) is 19.0 Å². The topological polar surface area (TPSA) is 86.2 Å². The summed E-state index contributed by atoms with van der Waals surface area (Å²) in [5.74, 6) is 0.589. The van der Waals surface area contributed by atoms with Crippen LogP contribution in [0.2, 0.25) is 0 Å². The third-order valence-electron chi connectivity index (χ3n) is 2.87. The molecule has 6 heteroatoms. The van der Waals surface area contributed by atoms with Crippen LogP contribution >= 0.6 is 0 Å². The van der Waals surface area contributed by atoms with Gasteiger partial charge in [0.1, 0.15) is 0 Å². The minimum atomic E-state index is 0.351. The summed E-state index contributed by atoms with van der Waals surface area (Å²) in [5, 5.41) is 11.0. The Morgan fingerprint density at radius 3 is 3.06 bits per heavy atom. The molecule has 16 heavy (non-hydrogen) atoms. The quantitative estimate of drug-likeness (QED) is 0.762. The van der Waals surface area contributed by atoms with Gasteiger partial charge in [-0.05, 0) is 19.3 Å². The first-order chi connectivity index (χ1) is 7.81. The van der Waals surface area contributed by atoms with E-state index in [-0.39, 0.29) is 0 Å². The summed E-state index contributed by atoms with van der Waals surface area (Å²) in [6, 6.07) is 0.862. The molecular formula is C10H18N4O2. The molecule has 0 radical (unpaired) electrons. The monoisotopic (exact) mass is 226 g/mol. The van der Waals surface area contributed by atoms with Gasteiger partial charge in [-0.15, -0.1) is 5.10 Å². The second-order valence-electron chi connectivity index (χ2n) is 4.05. The van der Waals surface area contributed by atoms with Gasteiger partial charge in [0.05, 0.1) is 6.10 Å². The van der Waals surface area contributed by atoms with Crippen molar-refractivity contribution >= 4 is 6.01 Å². The maximum Gasteiger partial charge on any atom is 0.315 e. The molecule has 0 aromatic carbocycles. The van der Waals surface area contributed by atoms with E-state index in [1.807, 2.05) is 0 Å². The molecule has 3 N–H and O–H groups in total. The number of nitrogens with zero attached hydrogens (tertiary/aromatic N) is 2. The van der Waals surface area contributed by atoms with Crippen molar-refractivity contribution in [1.29, 1.82) is 0 Å². The number of hydrogen-bond acceptors (Lipinski definition) is 6. The number of anilines is 1. The minimum absolute atomic E-state index is 0.351. The lowest BCUT2D eigenvalue weighted by Gasteiger charge is -2.09. The van der Waals surface area contributed by atoms with E-state index in [0.717, 1.165) is 19.3 Å². The number of ether oxygens (including phenoxy) is 1. The van der Waals surface area contributed by atoms with Crippen molar-refractivity contribution in [2.24, 2.45) is 5.73 Å². The van der Waals surface area contributed by atoms with Gasteiger partial charge < -0.3 is 20.2 Å². The first kappa shape index (κ1) is 11.3. The van der Waals surface area contributed by atoms with E-state index in [2.05, 4.69) is 15.5 Å². The molecule has 0 bridgehead atoms. The fourth-order valence-electron chi connectivity index (χ4n) is 2.00. The molecule has 6 nitrogen and oxygen atoms in total. The van der Waals surface area contributed by atoms with Gasteiger partial charge >= 0.3 is 6.01 Å². The third kappa shape index (κ3) is 2.70. The summed E-state index contributed by atoms with van der Waals surface area (Å²) in [7, 11) is 1.75. The molecule has 2 atom stereocenters. The summed E-state index contributed by atoms with van der Waals surface area (Å²) < 4.78 is 10.7. The highest BCUT2D eigenvalue weighted by Gasteiger charge is 2.25. The van der Waals surface area contributed by atoms with Gasteiger partial charge in [-0.25, -0.2) is 0 Å². The Labute approximate surface area is 94.6 Å². The second-order valence-corrected chi connectivity index (χ2v) is 4.05. The standard InChI is InChI=1S/C10H18N4O2/c1-15-8-3-2-7(6-8)12-10-14-13-9(16-10)4-5-11/h7-8H,2-6,11H2,1H3,(H,12,14). The summed E-state index contributed by atoms with van der Waals surface area (Å²) in [6.45, 7) is 0.525. The Morgan fingerprint density at radius 1 is 1.50 bits per heavy atom. The van der Waals surface area contributed by atoms with Crippen LogP contribution in [0, 0.1) is 0 Å². The summed E-state index contributed by atoms with van der Waals surface area (Å²) in [5.41, 5.74) is 5.40. The molecule has 1 heterocycles. The van der Waals surface area contributed by atoms with E-state index in [1.165, 1.54) is 0 Å². The maximum atomic E-state index is 5.40. The molecule has 1 fully saturated rings. The molecule has 2 unspecified atom stereocenters. The van der Waals surface area contributed by atoms with Gasteiger partial charge in [0.25, 0.3) is 0 Å². The SMILES string of the molecule is COC1CCC(Nc2nnc(CCN)o2)C1. The minimum Gasteiger partial charge on any atom is -0.408 e. The molecule has 1 saturated carbocycles. The molecule has 0 saturated heterocycles. The molecule has 0 amide bonds. The van der Waals surface area contributed by atoms with Crippen LogP contribution in [0.25, 0.3) is 0 Å². The van der Waals surface area contributed by atoms with Gasteiger partial charge in [0.2, 0.25) is 5.89 Å². The highest BCUT2D eigenvalue weighted by molar-refractivity contribution is 5.20. The van der Waals surface area contributed by atoms with Gasteiger partial charge in [-0.2, -0.15) is 0 Å². The van der Waals surface area contributed by atoms with E-state index >= 15 is 0 Å². The predicted octanol–water partition coefficient (Wildman–Crippen LogP) is 0.550. The van der Waals surface area contributed by atoms with Gasteiger partial charge in [0.15, 0.2) is 0 Å². The van der Waals surface area contributed by atoms with Gasteiger partial charge in [-0.1, -0.05) is 5.10 Å². The first-order valence-corrected chi connectivity index (χ1v) is 5.63. The van der Waals surface area contributed by atoms with Crippen molar-refractivity contribution < 1.29 is 9.15 Å². The van der Waals surface area contributed by atoms with Crippen molar-refractivity contribution in [3.63, 3.8) is 0 Å². The number of rotatable bonds is 5. The Bertz CT molecular complexity index is 328. The second kappa shape index (κ2) is 5.27. The zero-order chi connectivity index (χ0) is 11.4. The molecule has 1 aliphatic carbocycles. The van der Waals surface area contributed by atoms with Gasteiger partial charge in [-0.3, -0.25) is 0 Å². The smallest absolute Gasteiger partial charge is 0.315 e. The van der Waals surface area contributed by atoms with Crippen LogP contribution in [0.3, 0.4) is 0 Å². The zero-order valence-electron chi connectivity index (χ0n) is 9.48. The van der Waals surface area contributed by atoms with Crippen LogP contribution in [0.15, 0.2) is 4.42 Å². The largest absolute Gasteiger partial charge is 0.408 e. The predicted molar refractivity (Wildman–Crippen MR) is 59.1 cm³/mol. The number of nitrogens with two attached hydrogens (primary N) is 1. The molecule has 0 aliphatic heterocycles. The lowest BCUT2D eigenvalue weighted by molar-refractivity contribution is 0.108. The fourth-order valence-corrected chi connectivity index (χ4v) is 2.00. The molecule has 2 rings (SSSR count). The number of nitrogens with one attached hydrogen (secondary N) is 1. The van der Waals surface area contributed by atoms with Crippen molar-refractivity contribution in [2.45, 2.75) is 37.8 Å². The van der Waals surface area contributed by atoms with Crippen LogP contribution in [0.1, 0.15) is 25.2 Å². The lowest BCUT2D eigenvalue weighted by atomic mass is 10.2. The highest BCUT2D eigenvalue weighted by atomic mass is 16.5. The van der Waals surface area contributed by atoms with E-state index in [1.54, 1.807) is 7.11 Å². The lowest BCUT2D eigenvalue weighted by Crippen LogP contribution is -2.17. The molecule has 90 valence electrons. The molecule has 0 spiro atoms. The molecule has 1 aliphatic rings. The van der Waals surface area contributed by atoms with Crippen LogP contribution in [-0.2, 0) is 11.2 Å². The van der Waals surface area contributed by atoms with Gasteiger partial charge in [0, 0.05) is 26.1 Å². The maximum absolute atomic E-state index is 5.40. The first-order valence-electron chi connectivity index (χ1n) is 5.63. The third-order valence-corrected chi connectivity index (χ3v) is 2.87. The number of methoxy groups -OCH3 is 1. The van der Waals surface area contributed by atoms with Crippen LogP contribution in [-0.4, -0.2) is 36.0 Å². The Morgan fingerprint density at radius 2 is 2.38 bits per heavy atom. The molecular weight excluding hydrogens is 208 g/mol. The van der Waals surface area contributed by atoms with Crippen molar-refractivity contribution in [3.8, 4) is 0 Å². The van der Waals surface area contributed by atoms with Crippen LogP contribution in [0.5, 0.6) is 0 Å². The summed E-state index contributed by atoms with van der Waals surface area (Å²) in [6.07, 6.45) is 4.12. The zero-order valence-corrected chi connectivity index (χ0v) is 9.48. The Hall–Kier alpha value is -1.14. The normalized spacial score (nSPS) is 24.9. The summed E-state index contributed by atoms with van der Waals surface area (Å²) >= 11 is 0. The number of hydrogen-bond donors (Lipinski definition) is 2. The highest BCUT2D eigenvalue weighted by Crippen LogP contribution is 2.24. The van der Waals surface area contributed by atoms with Crippen molar-refractivity contribution in [1.82, 2.24) is 10.2 Å².